The lowest BCUT2D eigenvalue weighted by molar-refractivity contribution is -0.118. The van der Waals surface area contributed by atoms with Crippen LogP contribution < -0.4 is 0 Å². The summed E-state index contributed by atoms with van der Waals surface area (Å²) in [6, 6.07) is 0. The average Bonchev–Trinajstić information content (AvgIpc) is 2.47. The number of hydrogen-bond acceptors (Lipinski definition) is 2. The van der Waals surface area contributed by atoms with Crippen LogP contribution in [-0.2, 0) is 17.8 Å². The second-order valence-electron chi connectivity index (χ2n) is 2.80. The number of carbonyl (C=O) groups is 1. The molecule has 1 aliphatic heterocycles. The SMILES string of the molecule is O=CN1CCc2[nH]nc(Br)c2C1. The highest BCUT2D eigenvalue weighted by Crippen LogP contribution is 2.22. The van der Waals surface area contributed by atoms with Crippen molar-refractivity contribution in [2.24, 2.45) is 0 Å². The Morgan fingerprint density at radius 1 is 1.67 bits per heavy atom. The Hall–Kier alpha value is -0.840. The molecule has 1 N–H and O–H groups in total. The van der Waals surface area contributed by atoms with Crippen molar-refractivity contribution < 1.29 is 4.79 Å². The summed E-state index contributed by atoms with van der Waals surface area (Å²) in [7, 11) is 0. The molecule has 4 nitrogen and oxygen atoms in total. The van der Waals surface area contributed by atoms with E-state index in [1.807, 2.05) is 0 Å². The van der Waals surface area contributed by atoms with E-state index in [9.17, 15) is 4.79 Å². The van der Waals surface area contributed by atoms with Crippen molar-refractivity contribution in [2.75, 3.05) is 6.54 Å². The van der Waals surface area contributed by atoms with E-state index in [2.05, 4.69) is 26.1 Å². The van der Waals surface area contributed by atoms with Crippen LogP contribution in [0.1, 0.15) is 11.3 Å². The molecule has 0 unspecified atom stereocenters. The zero-order valence-electron chi connectivity index (χ0n) is 6.38. The molecule has 12 heavy (non-hydrogen) atoms. The van der Waals surface area contributed by atoms with Gasteiger partial charge in [-0.15, -0.1) is 0 Å². The van der Waals surface area contributed by atoms with Crippen LogP contribution in [0.2, 0.25) is 0 Å². The summed E-state index contributed by atoms with van der Waals surface area (Å²) in [5.41, 5.74) is 2.24. The number of carbonyl (C=O) groups excluding carboxylic acids is 1. The zero-order valence-corrected chi connectivity index (χ0v) is 7.97. The second kappa shape index (κ2) is 2.90. The van der Waals surface area contributed by atoms with Crippen LogP contribution in [0.15, 0.2) is 4.60 Å². The van der Waals surface area contributed by atoms with E-state index in [1.54, 1.807) is 4.90 Å². The lowest BCUT2D eigenvalue weighted by atomic mass is 10.1. The van der Waals surface area contributed by atoms with Crippen molar-refractivity contribution >= 4 is 22.3 Å². The van der Waals surface area contributed by atoms with Gasteiger partial charge in [-0.3, -0.25) is 9.89 Å². The van der Waals surface area contributed by atoms with Crippen molar-refractivity contribution in [3.8, 4) is 0 Å². The molecule has 0 spiro atoms. The minimum atomic E-state index is 0.663. The predicted octanol–water partition coefficient (Wildman–Crippen LogP) is 0.687. The maximum Gasteiger partial charge on any atom is 0.210 e. The first kappa shape index (κ1) is 7.79. The van der Waals surface area contributed by atoms with E-state index in [4.69, 9.17) is 0 Å². The monoisotopic (exact) mass is 229 g/mol. The van der Waals surface area contributed by atoms with E-state index in [0.717, 1.165) is 35.2 Å². The number of aromatic nitrogens is 2. The fraction of sp³-hybridized carbons (Fsp3) is 0.429. The average molecular weight is 230 g/mol. The highest BCUT2D eigenvalue weighted by atomic mass is 79.9. The van der Waals surface area contributed by atoms with Gasteiger partial charge >= 0.3 is 0 Å². The number of amides is 1. The summed E-state index contributed by atoms with van der Waals surface area (Å²) in [5, 5.41) is 6.95. The first-order chi connectivity index (χ1) is 5.81. The van der Waals surface area contributed by atoms with E-state index in [1.165, 1.54) is 0 Å². The standard InChI is InChI=1S/C7H8BrN3O/c8-7-5-3-11(4-12)2-1-6(5)9-10-7/h4H,1-3H2,(H,9,10). The van der Waals surface area contributed by atoms with E-state index in [-0.39, 0.29) is 0 Å². The van der Waals surface area contributed by atoms with E-state index in [0.29, 0.717) is 6.54 Å². The summed E-state index contributed by atoms with van der Waals surface area (Å²) in [4.78, 5) is 12.2. The van der Waals surface area contributed by atoms with Crippen LogP contribution in [0.5, 0.6) is 0 Å². The lowest BCUT2D eigenvalue weighted by Gasteiger charge is -2.21. The Kier molecular flexibility index (Phi) is 1.88. The minimum absolute atomic E-state index is 0.663. The highest BCUT2D eigenvalue weighted by Gasteiger charge is 2.19. The molecule has 1 aromatic heterocycles. The van der Waals surface area contributed by atoms with Gasteiger partial charge in [-0.1, -0.05) is 0 Å². The molecule has 2 heterocycles. The number of rotatable bonds is 1. The van der Waals surface area contributed by atoms with Crippen molar-refractivity contribution in [1.29, 1.82) is 0 Å². The molecule has 0 bridgehead atoms. The van der Waals surface area contributed by atoms with Gasteiger partial charge in [0.15, 0.2) is 0 Å². The van der Waals surface area contributed by atoms with Gasteiger partial charge in [-0.05, 0) is 15.9 Å². The molecule has 0 saturated heterocycles. The summed E-state index contributed by atoms with van der Waals surface area (Å²) >= 11 is 3.32. The van der Waals surface area contributed by atoms with Gasteiger partial charge in [-0.25, -0.2) is 0 Å². The van der Waals surface area contributed by atoms with Crippen molar-refractivity contribution in [3.05, 3.63) is 15.9 Å². The summed E-state index contributed by atoms with van der Waals surface area (Å²) in [6.07, 6.45) is 1.75. The predicted molar refractivity (Wildman–Crippen MR) is 46.5 cm³/mol. The molecule has 1 aromatic rings. The third kappa shape index (κ3) is 1.14. The fourth-order valence-corrected chi connectivity index (χ4v) is 1.82. The maximum absolute atomic E-state index is 10.5. The van der Waals surface area contributed by atoms with Crippen LogP contribution in [-0.4, -0.2) is 28.1 Å². The Morgan fingerprint density at radius 3 is 3.25 bits per heavy atom. The molecular weight excluding hydrogens is 222 g/mol. The van der Waals surface area contributed by atoms with Gasteiger partial charge < -0.3 is 4.90 Å². The molecule has 0 aliphatic carbocycles. The third-order valence-corrected chi connectivity index (χ3v) is 2.72. The molecule has 0 saturated carbocycles. The van der Waals surface area contributed by atoms with Crippen LogP contribution in [0, 0.1) is 0 Å². The Morgan fingerprint density at radius 2 is 2.50 bits per heavy atom. The fourth-order valence-electron chi connectivity index (χ4n) is 1.37. The summed E-state index contributed by atoms with van der Waals surface area (Å²) < 4.78 is 0.823. The zero-order chi connectivity index (χ0) is 8.55. The maximum atomic E-state index is 10.5. The normalized spacial score (nSPS) is 15.9. The Balaban J connectivity index is 2.31. The number of hydrogen-bond donors (Lipinski definition) is 1. The first-order valence-electron chi connectivity index (χ1n) is 3.72. The topological polar surface area (TPSA) is 49.0 Å². The van der Waals surface area contributed by atoms with E-state index >= 15 is 0 Å². The first-order valence-corrected chi connectivity index (χ1v) is 4.51. The van der Waals surface area contributed by atoms with Gasteiger partial charge in [0.25, 0.3) is 0 Å². The van der Waals surface area contributed by atoms with Crippen molar-refractivity contribution in [1.82, 2.24) is 15.1 Å². The lowest BCUT2D eigenvalue weighted by Crippen LogP contribution is -2.28. The molecule has 0 radical (unpaired) electrons. The van der Waals surface area contributed by atoms with Crippen molar-refractivity contribution in [3.63, 3.8) is 0 Å². The molecule has 64 valence electrons. The molecule has 1 amide bonds. The van der Waals surface area contributed by atoms with Crippen molar-refractivity contribution in [2.45, 2.75) is 13.0 Å². The molecular formula is C7H8BrN3O. The number of H-pyrrole nitrogens is 1. The quantitative estimate of drug-likeness (QED) is 0.721. The molecule has 0 fully saturated rings. The summed E-state index contributed by atoms with van der Waals surface area (Å²) in [5.74, 6) is 0. The minimum Gasteiger partial charge on any atom is -0.340 e. The summed E-state index contributed by atoms with van der Waals surface area (Å²) in [6.45, 7) is 1.45. The van der Waals surface area contributed by atoms with Crippen LogP contribution in [0.3, 0.4) is 0 Å². The Bertz CT molecular complexity index is 310. The third-order valence-electron chi connectivity index (χ3n) is 2.06. The Labute approximate surface area is 78.1 Å². The molecule has 0 atom stereocenters. The van der Waals surface area contributed by atoms with E-state index < -0.39 is 0 Å². The second-order valence-corrected chi connectivity index (χ2v) is 3.55. The molecule has 2 rings (SSSR count). The number of nitrogens with one attached hydrogen (secondary N) is 1. The number of fused-ring (bicyclic) bond motifs is 1. The van der Waals surface area contributed by atoms with Crippen LogP contribution in [0.4, 0.5) is 0 Å². The largest absolute Gasteiger partial charge is 0.340 e. The van der Waals surface area contributed by atoms with Crippen LogP contribution >= 0.6 is 15.9 Å². The smallest absolute Gasteiger partial charge is 0.210 e. The highest BCUT2D eigenvalue weighted by molar-refractivity contribution is 9.10. The number of halogens is 1. The molecule has 0 aromatic carbocycles. The van der Waals surface area contributed by atoms with Gasteiger partial charge in [0.05, 0.1) is 0 Å². The molecule has 5 heteroatoms. The number of aromatic amines is 1. The van der Waals surface area contributed by atoms with Crippen LogP contribution in [0.25, 0.3) is 0 Å². The number of nitrogens with zero attached hydrogens (tertiary/aromatic N) is 2. The van der Waals surface area contributed by atoms with Gasteiger partial charge in [0.2, 0.25) is 6.41 Å². The van der Waals surface area contributed by atoms with Gasteiger partial charge in [0, 0.05) is 30.8 Å². The van der Waals surface area contributed by atoms with Gasteiger partial charge in [-0.2, -0.15) is 5.10 Å². The van der Waals surface area contributed by atoms with Gasteiger partial charge in [0.1, 0.15) is 4.60 Å². The molecule has 1 aliphatic rings.